The predicted octanol–water partition coefficient (Wildman–Crippen LogP) is 2.71. The highest BCUT2D eigenvalue weighted by Gasteiger charge is 2.00. The van der Waals surface area contributed by atoms with Crippen LogP contribution in [0.1, 0.15) is 25.2 Å². The van der Waals surface area contributed by atoms with Crippen LogP contribution in [0.3, 0.4) is 0 Å². The maximum Gasteiger partial charge on any atom is 0.131 e. The Kier molecular flexibility index (Phi) is 3.20. The summed E-state index contributed by atoms with van der Waals surface area (Å²) in [6, 6.07) is 5.47. The van der Waals surface area contributed by atoms with Gasteiger partial charge >= 0.3 is 0 Å². The molecule has 12 heavy (non-hydrogen) atoms. The van der Waals surface area contributed by atoms with Crippen LogP contribution in [-0.4, -0.2) is 4.98 Å². The van der Waals surface area contributed by atoms with Crippen LogP contribution in [-0.2, 0) is 13.1 Å². The second kappa shape index (κ2) is 4.19. The molecule has 1 radical (unpaired) electrons. The average molecular weight is 166 g/mol. The molecule has 0 bridgehead atoms. The van der Waals surface area contributed by atoms with E-state index in [4.69, 9.17) is 0 Å². The minimum Gasteiger partial charge on any atom is -0.255 e. The van der Waals surface area contributed by atoms with Crippen LogP contribution >= 0.6 is 0 Å². The van der Waals surface area contributed by atoms with Gasteiger partial charge in [-0.05, 0) is 24.5 Å². The molecule has 1 heterocycles. The summed E-state index contributed by atoms with van der Waals surface area (Å²) in [7, 11) is 0. The molecule has 0 fully saturated rings. The fourth-order valence-electron chi connectivity index (χ4n) is 1.06. The van der Waals surface area contributed by atoms with Crippen molar-refractivity contribution in [2.45, 2.75) is 26.9 Å². The smallest absolute Gasteiger partial charge is 0.131 e. The van der Waals surface area contributed by atoms with Gasteiger partial charge in [0.05, 0.1) is 5.69 Å². The number of hydrogen-bond acceptors (Lipinski definition) is 1. The summed E-state index contributed by atoms with van der Waals surface area (Å²) in [6.07, 6.45) is 0.841. The minimum atomic E-state index is -0.476. The van der Waals surface area contributed by atoms with Crippen LogP contribution < -0.4 is 0 Å². The van der Waals surface area contributed by atoms with Gasteiger partial charge in [0.25, 0.3) is 0 Å². The van der Waals surface area contributed by atoms with Gasteiger partial charge in [0.2, 0.25) is 0 Å². The van der Waals surface area contributed by atoms with E-state index in [0.717, 1.165) is 12.1 Å². The molecule has 1 aromatic rings. The normalized spacial score (nSPS) is 10.7. The largest absolute Gasteiger partial charge is 0.255 e. The van der Waals surface area contributed by atoms with Crippen molar-refractivity contribution in [3.8, 4) is 0 Å². The van der Waals surface area contributed by atoms with Crippen molar-refractivity contribution in [3.63, 3.8) is 0 Å². The van der Waals surface area contributed by atoms with Crippen molar-refractivity contribution < 1.29 is 4.39 Å². The Labute approximate surface area is 72.6 Å². The van der Waals surface area contributed by atoms with Crippen molar-refractivity contribution in [2.24, 2.45) is 0 Å². The SMILES string of the molecule is C[C](C)Cc1cccc(CF)n1. The number of aromatic nitrogens is 1. The molecule has 0 unspecified atom stereocenters. The van der Waals surface area contributed by atoms with Crippen LogP contribution in [0.4, 0.5) is 4.39 Å². The van der Waals surface area contributed by atoms with Crippen LogP contribution in [0.15, 0.2) is 18.2 Å². The molecule has 0 N–H and O–H groups in total. The van der Waals surface area contributed by atoms with E-state index >= 15 is 0 Å². The first kappa shape index (κ1) is 9.17. The Morgan fingerprint density at radius 1 is 1.33 bits per heavy atom. The summed E-state index contributed by atoms with van der Waals surface area (Å²) in [6.45, 7) is 3.62. The molecule has 0 saturated carbocycles. The Bertz CT molecular complexity index is 245. The third-order valence-corrected chi connectivity index (χ3v) is 1.54. The number of hydrogen-bond donors (Lipinski definition) is 0. The predicted molar refractivity (Wildman–Crippen MR) is 47.3 cm³/mol. The highest BCUT2D eigenvalue weighted by Crippen LogP contribution is 2.08. The zero-order valence-electron chi connectivity index (χ0n) is 7.47. The fraction of sp³-hybridized carbons (Fsp3) is 0.400. The zero-order chi connectivity index (χ0) is 8.97. The van der Waals surface area contributed by atoms with E-state index in [1.807, 2.05) is 26.0 Å². The average Bonchev–Trinajstić information content (AvgIpc) is 2.03. The summed E-state index contributed by atoms with van der Waals surface area (Å²) < 4.78 is 12.2. The number of alkyl halides is 1. The summed E-state index contributed by atoms with van der Waals surface area (Å²) in [5, 5.41) is 0. The molecular weight excluding hydrogens is 153 g/mol. The first-order valence-electron chi connectivity index (χ1n) is 4.02. The number of halogens is 1. The van der Waals surface area contributed by atoms with E-state index in [2.05, 4.69) is 4.98 Å². The Hall–Kier alpha value is -0.920. The maximum absolute atomic E-state index is 12.2. The monoisotopic (exact) mass is 166 g/mol. The molecule has 1 aromatic heterocycles. The van der Waals surface area contributed by atoms with Gasteiger partial charge in [-0.15, -0.1) is 0 Å². The summed E-state index contributed by atoms with van der Waals surface area (Å²) in [4.78, 5) is 4.14. The topological polar surface area (TPSA) is 12.9 Å². The second-order valence-electron chi connectivity index (χ2n) is 3.14. The lowest BCUT2D eigenvalue weighted by Gasteiger charge is -2.03. The second-order valence-corrected chi connectivity index (χ2v) is 3.14. The summed E-state index contributed by atoms with van der Waals surface area (Å²) in [5.41, 5.74) is 1.47. The molecule has 2 heteroatoms. The Morgan fingerprint density at radius 2 is 2.00 bits per heavy atom. The highest BCUT2D eigenvalue weighted by atomic mass is 19.1. The lowest BCUT2D eigenvalue weighted by Crippen LogP contribution is -1.97. The molecule has 0 atom stereocenters. The van der Waals surface area contributed by atoms with Crippen LogP contribution in [0.2, 0.25) is 0 Å². The maximum atomic E-state index is 12.2. The molecule has 1 rings (SSSR count). The molecule has 0 saturated heterocycles. The van der Waals surface area contributed by atoms with Crippen molar-refractivity contribution in [2.75, 3.05) is 0 Å². The molecule has 1 nitrogen and oxygen atoms in total. The van der Waals surface area contributed by atoms with E-state index in [9.17, 15) is 4.39 Å². The van der Waals surface area contributed by atoms with E-state index in [1.165, 1.54) is 5.92 Å². The molecule has 0 aromatic carbocycles. The molecule has 65 valence electrons. The molecule has 0 amide bonds. The Balaban J connectivity index is 2.72. The summed E-state index contributed by atoms with van der Waals surface area (Å²) >= 11 is 0. The van der Waals surface area contributed by atoms with Gasteiger partial charge in [0, 0.05) is 5.69 Å². The Morgan fingerprint density at radius 3 is 2.58 bits per heavy atom. The van der Waals surface area contributed by atoms with Crippen LogP contribution in [0.5, 0.6) is 0 Å². The third-order valence-electron chi connectivity index (χ3n) is 1.54. The van der Waals surface area contributed by atoms with E-state index in [0.29, 0.717) is 5.69 Å². The van der Waals surface area contributed by atoms with E-state index in [1.54, 1.807) is 6.07 Å². The van der Waals surface area contributed by atoms with Crippen LogP contribution in [0, 0.1) is 5.92 Å². The lowest BCUT2D eigenvalue weighted by molar-refractivity contribution is 0.475. The quantitative estimate of drug-likeness (QED) is 0.672. The number of pyridine rings is 1. The van der Waals surface area contributed by atoms with Gasteiger partial charge in [-0.25, -0.2) is 4.39 Å². The van der Waals surface area contributed by atoms with Crippen LogP contribution in [0.25, 0.3) is 0 Å². The van der Waals surface area contributed by atoms with E-state index < -0.39 is 6.67 Å². The third kappa shape index (κ3) is 2.61. The van der Waals surface area contributed by atoms with Gasteiger partial charge < -0.3 is 0 Å². The molecule has 0 aliphatic carbocycles. The minimum absolute atomic E-state index is 0.476. The zero-order valence-corrected chi connectivity index (χ0v) is 7.47. The summed E-state index contributed by atoms with van der Waals surface area (Å²) in [5.74, 6) is 1.29. The fourth-order valence-corrected chi connectivity index (χ4v) is 1.06. The van der Waals surface area contributed by atoms with E-state index in [-0.39, 0.29) is 0 Å². The van der Waals surface area contributed by atoms with Crippen molar-refractivity contribution >= 4 is 0 Å². The standard InChI is InChI=1S/C10H13FN/c1-8(2)6-9-4-3-5-10(7-11)12-9/h3-5H,6-7H2,1-2H3. The number of nitrogens with zero attached hydrogens (tertiary/aromatic N) is 1. The first-order chi connectivity index (χ1) is 5.72. The lowest BCUT2D eigenvalue weighted by atomic mass is 10.1. The molecule has 0 aliphatic heterocycles. The van der Waals surface area contributed by atoms with Gasteiger partial charge in [0.1, 0.15) is 6.67 Å². The van der Waals surface area contributed by atoms with Crippen molar-refractivity contribution in [3.05, 3.63) is 35.5 Å². The molecular formula is C10H13FN. The number of rotatable bonds is 3. The first-order valence-corrected chi connectivity index (χ1v) is 4.02. The van der Waals surface area contributed by atoms with Gasteiger partial charge in [-0.2, -0.15) is 0 Å². The van der Waals surface area contributed by atoms with Gasteiger partial charge in [-0.1, -0.05) is 19.9 Å². The van der Waals surface area contributed by atoms with Gasteiger partial charge in [0.15, 0.2) is 0 Å². The van der Waals surface area contributed by atoms with Gasteiger partial charge in [-0.3, -0.25) is 4.98 Å². The van der Waals surface area contributed by atoms with Crippen molar-refractivity contribution in [1.82, 2.24) is 4.98 Å². The molecule has 0 aliphatic rings. The highest BCUT2D eigenvalue weighted by molar-refractivity contribution is 5.13. The van der Waals surface area contributed by atoms with Crippen molar-refractivity contribution in [1.29, 1.82) is 0 Å². The molecule has 0 spiro atoms.